The Balaban J connectivity index is 1.43. The molecular weight excluding hydrogens is 420 g/mol. The molecule has 0 amide bonds. The second-order valence-corrected chi connectivity index (χ2v) is 11.7. The van der Waals surface area contributed by atoms with E-state index in [1.54, 1.807) is 0 Å². The van der Waals surface area contributed by atoms with Gasteiger partial charge in [0.1, 0.15) is 12.0 Å². The Morgan fingerprint density at radius 2 is 1.50 bits per heavy atom. The number of hydrogen-bond acceptors (Lipinski definition) is 4. The number of piperazine rings is 1. The van der Waals surface area contributed by atoms with Gasteiger partial charge >= 0.3 is 5.97 Å². The lowest BCUT2D eigenvalue weighted by atomic mass is 9.70. The van der Waals surface area contributed by atoms with Gasteiger partial charge in [0.15, 0.2) is 0 Å². The Hall–Kier alpha value is -2.17. The van der Waals surface area contributed by atoms with Gasteiger partial charge in [0, 0.05) is 44.1 Å². The smallest absolute Gasteiger partial charge is 0.318 e. The van der Waals surface area contributed by atoms with Crippen LogP contribution in [0.5, 0.6) is 0 Å². The summed E-state index contributed by atoms with van der Waals surface area (Å²) in [6.45, 7) is 12.7. The third-order valence-electron chi connectivity index (χ3n) is 9.72. The molecule has 1 saturated heterocycles. The van der Waals surface area contributed by atoms with Crippen LogP contribution in [0.1, 0.15) is 50.7 Å². The van der Waals surface area contributed by atoms with Gasteiger partial charge in [0.05, 0.1) is 0 Å². The van der Waals surface area contributed by atoms with Crippen LogP contribution < -0.4 is 0 Å². The van der Waals surface area contributed by atoms with Gasteiger partial charge in [-0.2, -0.15) is 0 Å². The van der Waals surface area contributed by atoms with E-state index in [-0.39, 0.29) is 22.9 Å². The first-order valence-corrected chi connectivity index (χ1v) is 13.0. The van der Waals surface area contributed by atoms with Crippen molar-refractivity contribution >= 4 is 5.97 Å². The molecule has 1 aliphatic heterocycles. The Bertz CT molecular complexity index is 944. The SMILES string of the molecule is CN1CCN(CC2C3CCC(C)(C2OC(=O)C(c2ccccc2)c2ccccc2)C3(C)C)CC1. The van der Waals surface area contributed by atoms with Crippen LogP contribution in [-0.4, -0.2) is 61.6 Å². The fraction of sp³-hybridized carbons (Fsp3) is 0.567. The van der Waals surface area contributed by atoms with Crippen molar-refractivity contribution in [1.29, 1.82) is 0 Å². The first-order chi connectivity index (χ1) is 16.3. The summed E-state index contributed by atoms with van der Waals surface area (Å²) in [4.78, 5) is 19.0. The summed E-state index contributed by atoms with van der Waals surface area (Å²) in [6.07, 6.45) is 2.35. The van der Waals surface area contributed by atoms with Gasteiger partial charge < -0.3 is 14.5 Å². The normalized spacial score (nSPS) is 31.1. The van der Waals surface area contributed by atoms with Gasteiger partial charge in [0.2, 0.25) is 0 Å². The minimum Gasteiger partial charge on any atom is -0.461 e. The van der Waals surface area contributed by atoms with Crippen molar-refractivity contribution in [1.82, 2.24) is 9.80 Å². The average molecular weight is 461 g/mol. The molecule has 0 spiro atoms. The highest BCUT2D eigenvalue weighted by Gasteiger charge is 2.67. The van der Waals surface area contributed by atoms with Crippen LogP contribution in [0.15, 0.2) is 60.7 Å². The second-order valence-electron chi connectivity index (χ2n) is 11.7. The van der Waals surface area contributed by atoms with E-state index in [1.165, 1.54) is 6.42 Å². The molecule has 182 valence electrons. The van der Waals surface area contributed by atoms with Gasteiger partial charge in [-0.25, -0.2) is 0 Å². The van der Waals surface area contributed by atoms with Crippen molar-refractivity contribution in [2.24, 2.45) is 22.7 Å². The lowest BCUT2D eigenvalue weighted by Crippen LogP contribution is -2.50. The van der Waals surface area contributed by atoms with Gasteiger partial charge in [0.25, 0.3) is 0 Å². The van der Waals surface area contributed by atoms with Crippen LogP contribution in [0.4, 0.5) is 0 Å². The second kappa shape index (κ2) is 9.13. The Kier molecular flexibility index (Phi) is 6.32. The molecule has 4 unspecified atom stereocenters. The third-order valence-corrected chi connectivity index (χ3v) is 9.72. The largest absolute Gasteiger partial charge is 0.461 e. The maximum absolute atomic E-state index is 14.0. The summed E-state index contributed by atoms with van der Waals surface area (Å²) in [5.41, 5.74) is 2.19. The molecule has 2 aromatic rings. The number of carbonyl (C=O) groups excluding carboxylic acids is 1. The fourth-order valence-electron chi connectivity index (χ4n) is 7.22. The summed E-state index contributed by atoms with van der Waals surface area (Å²) in [6, 6.07) is 20.2. The number of likely N-dealkylation sites (N-methyl/N-ethyl adjacent to an activating group) is 1. The maximum Gasteiger partial charge on any atom is 0.318 e. The van der Waals surface area contributed by atoms with Gasteiger partial charge in [-0.1, -0.05) is 81.4 Å². The van der Waals surface area contributed by atoms with E-state index in [0.29, 0.717) is 11.8 Å². The number of esters is 1. The van der Waals surface area contributed by atoms with Crippen molar-refractivity contribution in [2.45, 2.75) is 45.6 Å². The molecule has 0 radical (unpaired) electrons. The number of carbonyl (C=O) groups is 1. The zero-order valence-electron chi connectivity index (χ0n) is 21.2. The molecule has 0 aromatic heterocycles. The molecule has 4 nitrogen and oxygen atoms in total. The van der Waals surface area contributed by atoms with Crippen LogP contribution in [0.25, 0.3) is 0 Å². The standard InChI is InChI=1S/C30H40N2O2/c1-29(2)25-15-16-30(29,3)27(24(25)21-32-19-17-31(4)18-20-32)34-28(33)26(22-11-7-5-8-12-22)23-13-9-6-10-14-23/h5-14,24-27H,15-21H2,1-4H3. The molecule has 3 aliphatic rings. The van der Waals surface area contributed by atoms with Crippen LogP contribution in [0.3, 0.4) is 0 Å². The monoisotopic (exact) mass is 460 g/mol. The molecule has 2 aromatic carbocycles. The molecule has 3 fully saturated rings. The van der Waals surface area contributed by atoms with E-state index >= 15 is 0 Å². The Morgan fingerprint density at radius 1 is 0.941 bits per heavy atom. The highest BCUT2D eigenvalue weighted by molar-refractivity contribution is 5.82. The lowest BCUT2D eigenvalue weighted by molar-refractivity contribution is -0.162. The van der Waals surface area contributed by atoms with Crippen molar-refractivity contribution in [3.63, 3.8) is 0 Å². The zero-order valence-corrected chi connectivity index (χ0v) is 21.2. The van der Waals surface area contributed by atoms with E-state index < -0.39 is 5.92 Å². The van der Waals surface area contributed by atoms with Gasteiger partial charge in [-0.15, -0.1) is 0 Å². The van der Waals surface area contributed by atoms with E-state index in [1.807, 2.05) is 60.7 Å². The molecular formula is C30H40N2O2. The Labute approximate surface area is 205 Å². The molecule has 2 aliphatic carbocycles. The number of ether oxygens (including phenoxy) is 1. The fourth-order valence-corrected chi connectivity index (χ4v) is 7.22. The zero-order chi connectivity index (χ0) is 23.9. The minimum absolute atomic E-state index is 0.0164. The first kappa shape index (κ1) is 23.6. The van der Waals surface area contributed by atoms with Crippen molar-refractivity contribution in [2.75, 3.05) is 39.8 Å². The highest BCUT2D eigenvalue weighted by atomic mass is 16.5. The van der Waals surface area contributed by atoms with Crippen molar-refractivity contribution in [3.05, 3.63) is 71.8 Å². The average Bonchev–Trinajstić information content (AvgIpc) is 3.15. The number of fused-ring (bicyclic) bond motifs is 2. The number of hydrogen-bond donors (Lipinski definition) is 0. The van der Waals surface area contributed by atoms with Crippen LogP contribution in [0.2, 0.25) is 0 Å². The first-order valence-electron chi connectivity index (χ1n) is 13.0. The van der Waals surface area contributed by atoms with Crippen LogP contribution in [-0.2, 0) is 9.53 Å². The molecule has 2 saturated carbocycles. The molecule has 34 heavy (non-hydrogen) atoms. The lowest BCUT2D eigenvalue weighted by Gasteiger charge is -2.42. The minimum atomic E-state index is -0.391. The van der Waals surface area contributed by atoms with Crippen LogP contribution in [0, 0.1) is 22.7 Å². The summed E-state index contributed by atoms with van der Waals surface area (Å²) in [7, 11) is 2.21. The Morgan fingerprint density at radius 3 is 2.06 bits per heavy atom. The molecule has 4 atom stereocenters. The number of rotatable bonds is 6. The van der Waals surface area contributed by atoms with Gasteiger partial charge in [-0.3, -0.25) is 4.79 Å². The molecule has 5 rings (SSSR count). The van der Waals surface area contributed by atoms with Crippen LogP contribution >= 0.6 is 0 Å². The highest BCUT2D eigenvalue weighted by Crippen LogP contribution is 2.68. The van der Waals surface area contributed by atoms with E-state index in [0.717, 1.165) is 50.3 Å². The predicted octanol–water partition coefficient (Wildman–Crippen LogP) is 5.05. The summed E-state index contributed by atoms with van der Waals surface area (Å²) < 4.78 is 6.65. The summed E-state index contributed by atoms with van der Waals surface area (Å²) >= 11 is 0. The predicted molar refractivity (Wildman–Crippen MR) is 137 cm³/mol. The third kappa shape index (κ3) is 3.99. The maximum atomic E-state index is 14.0. The molecule has 4 heteroatoms. The quantitative estimate of drug-likeness (QED) is 0.565. The van der Waals surface area contributed by atoms with E-state index in [9.17, 15) is 4.79 Å². The topological polar surface area (TPSA) is 32.8 Å². The van der Waals surface area contributed by atoms with Gasteiger partial charge in [-0.05, 0) is 42.3 Å². The molecule has 2 bridgehead atoms. The molecule has 0 N–H and O–H groups in total. The number of nitrogens with zero attached hydrogens (tertiary/aromatic N) is 2. The van der Waals surface area contributed by atoms with Crippen molar-refractivity contribution in [3.8, 4) is 0 Å². The van der Waals surface area contributed by atoms with E-state index in [2.05, 4.69) is 37.6 Å². The summed E-state index contributed by atoms with van der Waals surface area (Å²) in [5, 5.41) is 0. The summed E-state index contributed by atoms with van der Waals surface area (Å²) in [5.74, 6) is 0.503. The van der Waals surface area contributed by atoms with E-state index in [4.69, 9.17) is 4.74 Å². The van der Waals surface area contributed by atoms with Crippen molar-refractivity contribution < 1.29 is 9.53 Å². The number of benzene rings is 2. The molecule has 1 heterocycles.